The first-order valence-electron chi connectivity index (χ1n) is 4.58. The maximum absolute atomic E-state index is 11.2. The largest absolute Gasteiger partial charge is 0.744 e. The van der Waals surface area contributed by atoms with Crippen LogP contribution in [-0.4, -0.2) is 18.9 Å². The second-order valence-corrected chi connectivity index (χ2v) is 4.88. The molecule has 0 bridgehead atoms. The predicted molar refractivity (Wildman–Crippen MR) is 54.9 cm³/mol. The molecule has 16 heavy (non-hydrogen) atoms. The Morgan fingerprint density at radius 2 is 1.75 bits per heavy atom. The van der Waals surface area contributed by atoms with Crippen molar-refractivity contribution in [3.8, 4) is 5.75 Å². The Morgan fingerprint density at radius 1 is 1.25 bits per heavy atom. The van der Waals surface area contributed by atoms with Crippen LogP contribution in [0.5, 0.6) is 5.75 Å². The quantitative estimate of drug-likeness (QED) is 0.451. The van der Waals surface area contributed by atoms with Crippen LogP contribution in [0.1, 0.15) is 13.8 Å². The molecule has 5 nitrogen and oxygen atoms in total. The number of carbonyl (C=O) groups is 1. The average molecular weight is 243 g/mol. The fraction of sp³-hybridized carbons (Fsp3) is 0.300. The zero-order valence-corrected chi connectivity index (χ0v) is 9.65. The highest BCUT2D eigenvalue weighted by atomic mass is 32.2. The SMILES string of the molecule is CC(C)C(=O)Oc1ccc(S(=O)(=O)[O-])cc1. The zero-order valence-electron chi connectivity index (χ0n) is 8.84. The Bertz CT molecular complexity index is 472. The maximum atomic E-state index is 11.2. The molecule has 1 aromatic carbocycles. The van der Waals surface area contributed by atoms with E-state index in [0.717, 1.165) is 12.1 Å². The minimum atomic E-state index is -4.45. The van der Waals surface area contributed by atoms with E-state index in [9.17, 15) is 17.8 Å². The summed E-state index contributed by atoms with van der Waals surface area (Å²) < 4.78 is 36.7. The van der Waals surface area contributed by atoms with E-state index in [4.69, 9.17) is 4.74 Å². The van der Waals surface area contributed by atoms with Gasteiger partial charge in [0.25, 0.3) is 0 Å². The molecule has 0 heterocycles. The molecule has 0 unspecified atom stereocenters. The summed E-state index contributed by atoms with van der Waals surface area (Å²) in [6.07, 6.45) is 0. The lowest BCUT2D eigenvalue weighted by Crippen LogP contribution is -2.14. The van der Waals surface area contributed by atoms with Crippen LogP contribution in [0.2, 0.25) is 0 Å². The molecule has 0 spiro atoms. The fourth-order valence-electron chi connectivity index (χ4n) is 0.908. The highest BCUT2D eigenvalue weighted by Gasteiger charge is 2.09. The van der Waals surface area contributed by atoms with Crippen LogP contribution in [0.3, 0.4) is 0 Å². The lowest BCUT2D eigenvalue weighted by atomic mass is 10.2. The Balaban J connectivity index is 2.84. The number of benzene rings is 1. The van der Waals surface area contributed by atoms with Crippen LogP contribution < -0.4 is 4.74 Å². The van der Waals surface area contributed by atoms with Crippen molar-refractivity contribution in [1.29, 1.82) is 0 Å². The number of rotatable bonds is 3. The lowest BCUT2D eigenvalue weighted by molar-refractivity contribution is -0.137. The number of hydrogen-bond donors (Lipinski definition) is 0. The molecule has 0 N–H and O–H groups in total. The monoisotopic (exact) mass is 243 g/mol. The number of esters is 1. The van der Waals surface area contributed by atoms with Crippen LogP contribution in [-0.2, 0) is 14.9 Å². The zero-order chi connectivity index (χ0) is 12.3. The highest BCUT2D eigenvalue weighted by molar-refractivity contribution is 7.85. The van der Waals surface area contributed by atoms with Gasteiger partial charge in [-0.2, -0.15) is 0 Å². The first kappa shape index (κ1) is 12.7. The van der Waals surface area contributed by atoms with Crippen LogP contribution in [0.4, 0.5) is 0 Å². The summed E-state index contributed by atoms with van der Waals surface area (Å²) in [5, 5.41) is 0. The van der Waals surface area contributed by atoms with Crippen LogP contribution in [0, 0.1) is 5.92 Å². The van der Waals surface area contributed by atoms with Gasteiger partial charge in [0.05, 0.1) is 10.8 Å². The number of ether oxygens (including phenoxy) is 1. The normalized spacial score (nSPS) is 11.5. The van der Waals surface area contributed by atoms with Gasteiger partial charge < -0.3 is 9.29 Å². The highest BCUT2D eigenvalue weighted by Crippen LogP contribution is 2.16. The fourth-order valence-corrected chi connectivity index (χ4v) is 1.38. The number of hydrogen-bond acceptors (Lipinski definition) is 5. The minimum Gasteiger partial charge on any atom is -0.744 e. The van der Waals surface area contributed by atoms with Gasteiger partial charge in [-0.05, 0) is 24.3 Å². The van der Waals surface area contributed by atoms with Crippen LogP contribution in [0.15, 0.2) is 29.2 Å². The smallest absolute Gasteiger partial charge is 0.313 e. The molecule has 0 saturated carbocycles. The molecule has 0 atom stereocenters. The predicted octanol–water partition coefficient (Wildman–Crippen LogP) is 1.15. The molecule has 0 amide bonds. The van der Waals surface area contributed by atoms with Crippen molar-refractivity contribution >= 4 is 16.1 Å². The second-order valence-electron chi connectivity index (χ2n) is 3.50. The van der Waals surface area contributed by atoms with E-state index in [0.29, 0.717) is 0 Å². The van der Waals surface area contributed by atoms with Gasteiger partial charge in [0, 0.05) is 0 Å². The third-order valence-corrected chi connectivity index (χ3v) is 2.65. The summed E-state index contributed by atoms with van der Waals surface area (Å²) in [5.74, 6) is -0.480. The van der Waals surface area contributed by atoms with Crippen molar-refractivity contribution in [2.45, 2.75) is 18.7 Å². The van der Waals surface area contributed by atoms with Crippen molar-refractivity contribution in [3.05, 3.63) is 24.3 Å². The third-order valence-electron chi connectivity index (χ3n) is 1.80. The van der Waals surface area contributed by atoms with E-state index in [1.165, 1.54) is 12.1 Å². The standard InChI is InChI=1S/C10H12O5S/c1-7(2)10(11)15-8-3-5-9(6-4-8)16(12,13)14/h3-7H,1-2H3,(H,12,13,14)/p-1. The second kappa shape index (κ2) is 4.63. The Hall–Kier alpha value is -1.40. The van der Waals surface area contributed by atoms with E-state index in [-0.39, 0.29) is 16.6 Å². The molecular formula is C10H11O5S-. The average Bonchev–Trinajstić information content (AvgIpc) is 2.17. The molecule has 0 aliphatic rings. The van der Waals surface area contributed by atoms with Gasteiger partial charge >= 0.3 is 5.97 Å². The van der Waals surface area contributed by atoms with Crippen molar-refractivity contribution in [1.82, 2.24) is 0 Å². The van der Waals surface area contributed by atoms with Gasteiger partial charge in [0.15, 0.2) is 0 Å². The summed E-state index contributed by atoms with van der Waals surface area (Å²) >= 11 is 0. The van der Waals surface area contributed by atoms with E-state index in [1.807, 2.05) is 0 Å². The lowest BCUT2D eigenvalue weighted by Gasteiger charge is -2.09. The molecule has 6 heteroatoms. The molecule has 1 aromatic rings. The van der Waals surface area contributed by atoms with Crippen molar-refractivity contribution in [3.63, 3.8) is 0 Å². The van der Waals surface area contributed by atoms with Gasteiger partial charge in [-0.3, -0.25) is 4.79 Å². The molecule has 0 fully saturated rings. The molecule has 0 radical (unpaired) electrons. The Labute approximate surface area is 93.8 Å². The Morgan fingerprint density at radius 3 is 2.12 bits per heavy atom. The van der Waals surface area contributed by atoms with Gasteiger partial charge in [0.1, 0.15) is 15.9 Å². The van der Waals surface area contributed by atoms with E-state index in [1.54, 1.807) is 13.8 Å². The summed E-state index contributed by atoms with van der Waals surface area (Å²) in [6.45, 7) is 3.36. The van der Waals surface area contributed by atoms with Crippen LogP contribution >= 0.6 is 0 Å². The number of carbonyl (C=O) groups excluding carboxylic acids is 1. The topological polar surface area (TPSA) is 83.5 Å². The first-order chi connectivity index (χ1) is 7.30. The molecular weight excluding hydrogens is 232 g/mol. The third kappa shape index (κ3) is 3.32. The van der Waals surface area contributed by atoms with Crippen molar-refractivity contribution in [2.24, 2.45) is 5.92 Å². The van der Waals surface area contributed by atoms with E-state index >= 15 is 0 Å². The summed E-state index contributed by atoms with van der Waals surface area (Å²) in [7, 11) is -4.45. The van der Waals surface area contributed by atoms with E-state index < -0.39 is 16.1 Å². The molecule has 88 valence electrons. The molecule has 0 aliphatic heterocycles. The van der Waals surface area contributed by atoms with E-state index in [2.05, 4.69) is 0 Å². The van der Waals surface area contributed by atoms with Gasteiger partial charge in [-0.1, -0.05) is 13.8 Å². The summed E-state index contributed by atoms with van der Waals surface area (Å²) in [5.41, 5.74) is 0. The minimum absolute atomic E-state index is 0.214. The van der Waals surface area contributed by atoms with Gasteiger partial charge in [-0.25, -0.2) is 8.42 Å². The van der Waals surface area contributed by atoms with Crippen molar-refractivity contribution < 1.29 is 22.5 Å². The molecule has 1 rings (SSSR count). The molecule has 0 aliphatic carbocycles. The van der Waals surface area contributed by atoms with Crippen LogP contribution in [0.25, 0.3) is 0 Å². The first-order valence-corrected chi connectivity index (χ1v) is 5.99. The van der Waals surface area contributed by atoms with Gasteiger partial charge in [0.2, 0.25) is 0 Å². The maximum Gasteiger partial charge on any atom is 0.313 e. The molecule has 0 aromatic heterocycles. The van der Waals surface area contributed by atoms with Crippen molar-refractivity contribution in [2.75, 3.05) is 0 Å². The Kier molecular flexibility index (Phi) is 3.66. The molecule has 0 saturated heterocycles. The summed E-state index contributed by atoms with van der Waals surface area (Å²) in [6, 6.07) is 4.74. The summed E-state index contributed by atoms with van der Waals surface area (Å²) in [4.78, 5) is 10.8. The van der Waals surface area contributed by atoms with Gasteiger partial charge in [-0.15, -0.1) is 0 Å².